The molecule has 0 unspecified atom stereocenters. The van der Waals surface area contributed by atoms with Gasteiger partial charge in [0, 0.05) is 51.2 Å². The summed E-state index contributed by atoms with van der Waals surface area (Å²) < 4.78 is 0. The number of aromatic nitrogens is 3. The van der Waals surface area contributed by atoms with Crippen LogP contribution in [0.15, 0.2) is 30.7 Å². The summed E-state index contributed by atoms with van der Waals surface area (Å²) in [5.74, 6) is 2.10. The van der Waals surface area contributed by atoms with E-state index in [1.807, 2.05) is 4.90 Å². The molecule has 0 saturated carbocycles. The van der Waals surface area contributed by atoms with Gasteiger partial charge in [0.15, 0.2) is 11.6 Å². The molecule has 9 nitrogen and oxygen atoms in total. The topological polar surface area (TPSA) is 89.5 Å². The number of amides is 2. The van der Waals surface area contributed by atoms with Crippen LogP contribution in [0.5, 0.6) is 0 Å². The first-order valence-corrected chi connectivity index (χ1v) is 9.79. The lowest BCUT2D eigenvalue weighted by molar-refractivity contribution is 0.254. The molecule has 0 aliphatic carbocycles. The van der Waals surface area contributed by atoms with E-state index < -0.39 is 0 Å². The van der Waals surface area contributed by atoms with Crippen molar-refractivity contribution in [3.8, 4) is 0 Å². The Labute approximate surface area is 163 Å². The SMILES string of the molecule is C[C@@H]1CN(c2ccc3c(n2)N(C(=O)Nc2cnccn2)[C@H]2CCN3C2)CCN1. The number of hydrogen-bond acceptors (Lipinski definition) is 7. The lowest BCUT2D eigenvalue weighted by Gasteiger charge is -2.37. The molecule has 2 aromatic heterocycles. The minimum atomic E-state index is -0.202. The van der Waals surface area contributed by atoms with E-state index in [2.05, 4.69) is 49.5 Å². The van der Waals surface area contributed by atoms with Crippen molar-refractivity contribution in [3.63, 3.8) is 0 Å². The predicted octanol–water partition coefficient (Wildman–Crippen LogP) is 1.30. The zero-order chi connectivity index (χ0) is 19.1. The van der Waals surface area contributed by atoms with Crippen molar-refractivity contribution in [2.75, 3.05) is 52.7 Å². The second-order valence-electron chi connectivity index (χ2n) is 7.59. The highest BCUT2D eigenvalue weighted by Gasteiger charge is 2.40. The molecule has 146 valence electrons. The zero-order valence-corrected chi connectivity index (χ0v) is 15.9. The Hall–Kier alpha value is -2.94. The fourth-order valence-corrected chi connectivity index (χ4v) is 4.31. The minimum Gasteiger partial charge on any atom is -0.366 e. The Morgan fingerprint density at radius 2 is 2.14 bits per heavy atom. The number of hydrogen-bond donors (Lipinski definition) is 2. The Kier molecular flexibility index (Phi) is 4.23. The third-order valence-electron chi connectivity index (χ3n) is 5.65. The molecule has 3 aliphatic rings. The number of anilines is 4. The molecule has 0 radical (unpaired) electrons. The Bertz CT molecular complexity index is 875. The lowest BCUT2D eigenvalue weighted by atomic mass is 10.2. The smallest absolute Gasteiger partial charge is 0.329 e. The summed E-state index contributed by atoms with van der Waals surface area (Å²) in [6, 6.07) is 4.52. The number of pyridine rings is 1. The van der Waals surface area contributed by atoms with Gasteiger partial charge in [-0.05, 0) is 25.5 Å². The van der Waals surface area contributed by atoms with Gasteiger partial charge in [0.2, 0.25) is 0 Å². The summed E-state index contributed by atoms with van der Waals surface area (Å²) in [6.07, 6.45) is 5.64. The number of urea groups is 1. The highest BCUT2D eigenvalue weighted by atomic mass is 16.2. The van der Waals surface area contributed by atoms with E-state index in [9.17, 15) is 4.79 Å². The van der Waals surface area contributed by atoms with Gasteiger partial charge in [-0.2, -0.15) is 0 Å². The van der Waals surface area contributed by atoms with E-state index in [1.54, 1.807) is 18.6 Å². The molecule has 0 spiro atoms. The lowest BCUT2D eigenvalue weighted by Crippen LogP contribution is -2.50. The molecule has 0 aromatic carbocycles. The molecular weight excluding hydrogens is 356 g/mol. The van der Waals surface area contributed by atoms with Gasteiger partial charge in [-0.3, -0.25) is 15.2 Å². The molecule has 2 amide bonds. The molecule has 2 saturated heterocycles. The molecule has 2 atom stereocenters. The molecule has 3 aliphatic heterocycles. The van der Waals surface area contributed by atoms with E-state index >= 15 is 0 Å². The van der Waals surface area contributed by atoms with Crippen LogP contribution in [0.4, 0.5) is 27.9 Å². The number of nitrogens with one attached hydrogen (secondary N) is 2. The van der Waals surface area contributed by atoms with Crippen molar-refractivity contribution in [2.45, 2.75) is 25.4 Å². The molecule has 28 heavy (non-hydrogen) atoms. The maximum atomic E-state index is 13.1. The molecule has 2 N–H and O–H groups in total. The maximum absolute atomic E-state index is 13.1. The number of fused-ring (bicyclic) bond motifs is 4. The summed E-state index contributed by atoms with van der Waals surface area (Å²) in [4.78, 5) is 32.7. The van der Waals surface area contributed by atoms with Crippen LogP contribution in [0.2, 0.25) is 0 Å². The molecular formula is C19H24N8O. The molecule has 9 heteroatoms. The van der Waals surface area contributed by atoms with Crippen LogP contribution in [0.1, 0.15) is 13.3 Å². The summed E-state index contributed by atoms with van der Waals surface area (Å²) in [7, 11) is 0. The van der Waals surface area contributed by atoms with Crippen LogP contribution in [-0.4, -0.2) is 65.8 Å². The van der Waals surface area contributed by atoms with Gasteiger partial charge >= 0.3 is 6.03 Å². The average molecular weight is 380 g/mol. The second kappa shape index (κ2) is 6.90. The quantitative estimate of drug-likeness (QED) is 0.812. The van der Waals surface area contributed by atoms with Gasteiger partial charge in [-0.15, -0.1) is 0 Å². The Balaban J connectivity index is 1.47. The van der Waals surface area contributed by atoms with Gasteiger partial charge in [0.05, 0.1) is 17.9 Å². The normalized spacial score (nSPS) is 23.5. The summed E-state index contributed by atoms with van der Waals surface area (Å²) in [5.41, 5.74) is 1.02. The second-order valence-corrected chi connectivity index (χ2v) is 7.59. The van der Waals surface area contributed by atoms with Crippen LogP contribution in [-0.2, 0) is 0 Å². The molecule has 5 heterocycles. The monoisotopic (exact) mass is 380 g/mol. The van der Waals surface area contributed by atoms with E-state index in [1.165, 1.54) is 0 Å². The highest BCUT2D eigenvalue weighted by molar-refractivity contribution is 6.04. The largest absolute Gasteiger partial charge is 0.366 e. The number of carbonyl (C=O) groups is 1. The van der Waals surface area contributed by atoms with Crippen LogP contribution in [0, 0.1) is 0 Å². The fraction of sp³-hybridized carbons (Fsp3) is 0.474. The van der Waals surface area contributed by atoms with E-state index in [-0.39, 0.29) is 12.1 Å². The number of rotatable bonds is 2. The Morgan fingerprint density at radius 3 is 2.96 bits per heavy atom. The van der Waals surface area contributed by atoms with E-state index in [0.717, 1.165) is 56.5 Å². The fourth-order valence-electron chi connectivity index (χ4n) is 4.31. The number of piperazine rings is 1. The summed E-state index contributed by atoms with van der Waals surface area (Å²) in [5, 5.41) is 6.33. The van der Waals surface area contributed by atoms with Gasteiger partial charge in [-0.1, -0.05) is 0 Å². The average Bonchev–Trinajstić information content (AvgIpc) is 3.13. The number of carbonyl (C=O) groups excluding carboxylic acids is 1. The van der Waals surface area contributed by atoms with Crippen molar-refractivity contribution >= 4 is 29.2 Å². The molecule has 2 aromatic rings. The van der Waals surface area contributed by atoms with Gasteiger partial charge in [-0.25, -0.2) is 14.8 Å². The summed E-state index contributed by atoms with van der Waals surface area (Å²) in [6.45, 7) is 6.72. The van der Waals surface area contributed by atoms with E-state index in [4.69, 9.17) is 4.98 Å². The number of nitrogens with zero attached hydrogens (tertiary/aromatic N) is 6. The highest BCUT2D eigenvalue weighted by Crippen LogP contribution is 2.40. The van der Waals surface area contributed by atoms with Gasteiger partial charge in [0.25, 0.3) is 0 Å². The maximum Gasteiger partial charge on any atom is 0.329 e. The molecule has 5 rings (SSSR count). The van der Waals surface area contributed by atoms with Crippen molar-refractivity contribution in [2.24, 2.45) is 0 Å². The molecule has 2 fully saturated rings. The first-order valence-electron chi connectivity index (χ1n) is 9.79. The van der Waals surface area contributed by atoms with Gasteiger partial charge in [0.1, 0.15) is 5.82 Å². The predicted molar refractivity (Wildman–Crippen MR) is 108 cm³/mol. The van der Waals surface area contributed by atoms with Crippen molar-refractivity contribution in [3.05, 3.63) is 30.7 Å². The third kappa shape index (κ3) is 3.01. The van der Waals surface area contributed by atoms with Crippen LogP contribution < -0.4 is 25.3 Å². The van der Waals surface area contributed by atoms with Crippen LogP contribution in [0.25, 0.3) is 0 Å². The first-order chi connectivity index (χ1) is 13.7. The van der Waals surface area contributed by atoms with Gasteiger partial charge < -0.3 is 15.1 Å². The standard InChI is InChI=1S/C19H24N8O/c1-13-11-26(9-7-21-13)17-3-2-15-18(24-17)27(14-4-8-25(15)12-14)19(28)23-16-10-20-5-6-22-16/h2-3,5-6,10,13-14,21H,4,7-9,11-12H2,1H3,(H,22,23,28)/t13-,14+/m1/s1. The molecule has 2 bridgehead atoms. The minimum absolute atomic E-state index is 0.119. The summed E-state index contributed by atoms with van der Waals surface area (Å²) >= 11 is 0. The third-order valence-corrected chi connectivity index (χ3v) is 5.65. The zero-order valence-electron chi connectivity index (χ0n) is 15.9. The van der Waals surface area contributed by atoms with Crippen LogP contribution in [0.3, 0.4) is 0 Å². The van der Waals surface area contributed by atoms with Crippen molar-refractivity contribution in [1.29, 1.82) is 0 Å². The Morgan fingerprint density at radius 1 is 1.21 bits per heavy atom. The van der Waals surface area contributed by atoms with E-state index in [0.29, 0.717) is 11.9 Å². The van der Waals surface area contributed by atoms with Crippen molar-refractivity contribution in [1.82, 2.24) is 20.3 Å². The first kappa shape index (κ1) is 17.2. The van der Waals surface area contributed by atoms with Crippen LogP contribution >= 0.6 is 0 Å². The van der Waals surface area contributed by atoms with Crippen molar-refractivity contribution < 1.29 is 4.79 Å².